The molecule has 0 aromatic heterocycles. The van der Waals surface area contributed by atoms with Crippen LogP contribution in [0.3, 0.4) is 0 Å². The van der Waals surface area contributed by atoms with Crippen molar-refractivity contribution in [3.63, 3.8) is 0 Å². The van der Waals surface area contributed by atoms with Crippen LogP contribution in [0.15, 0.2) is 29.3 Å². The second-order valence-electron chi connectivity index (χ2n) is 3.72. The summed E-state index contributed by atoms with van der Waals surface area (Å²) in [5, 5.41) is 5.27. The number of urea groups is 1. The van der Waals surface area contributed by atoms with Gasteiger partial charge in [0, 0.05) is 15.7 Å². The van der Waals surface area contributed by atoms with Gasteiger partial charge in [0.1, 0.15) is 0 Å². The second kappa shape index (κ2) is 6.20. The number of carbonyl (C=O) groups excluding carboxylic acids is 2. The van der Waals surface area contributed by atoms with Gasteiger partial charge in [0.05, 0.1) is 6.54 Å². The van der Waals surface area contributed by atoms with Crippen LogP contribution in [-0.2, 0) is 0 Å². The zero-order valence-electron chi connectivity index (χ0n) is 9.92. The molecule has 0 bridgehead atoms. The van der Waals surface area contributed by atoms with Crippen molar-refractivity contribution in [2.45, 2.75) is 6.92 Å². The van der Waals surface area contributed by atoms with E-state index in [0.717, 1.165) is 5.56 Å². The third-order valence-electron chi connectivity index (χ3n) is 2.20. The molecular weight excluding hydrogens is 298 g/mol. The standard InChI is InChI=1S/C12H14BrN3O2/c1-7-5-9(11(14)17)3-4-10(7)16-12(18)15-6-8(2)13/h3-5H,2,6H2,1H3,(H2,14,17)(H2,15,16,18). The average molecular weight is 312 g/mol. The predicted molar refractivity (Wildman–Crippen MR) is 74.8 cm³/mol. The number of aryl methyl sites for hydroxylation is 1. The lowest BCUT2D eigenvalue weighted by Gasteiger charge is -2.10. The summed E-state index contributed by atoms with van der Waals surface area (Å²) in [5.41, 5.74) is 6.96. The Bertz CT molecular complexity index is 500. The van der Waals surface area contributed by atoms with Crippen LogP contribution in [0.5, 0.6) is 0 Å². The monoisotopic (exact) mass is 311 g/mol. The molecule has 1 aromatic carbocycles. The van der Waals surface area contributed by atoms with Gasteiger partial charge in [-0.3, -0.25) is 4.79 Å². The highest BCUT2D eigenvalue weighted by molar-refractivity contribution is 9.11. The van der Waals surface area contributed by atoms with Gasteiger partial charge < -0.3 is 16.4 Å². The maximum absolute atomic E-state index is 11.5. The van der Waals surface area contributed by atoms with E-state index in [2.05, 4.69) is 33.1 Å². The molecule has 0 spiro atoms. The molecule has 6 heteroatoms. The van der Waals surface area contributed by atoms with Gasteiger partial charge in [-0.2, -0.15) is 0 Å². The molecule has 5 nitrogen and oxygen atoms in total. The lowest BCUT2D eigenvalue weighted by molar-refractivity contribution is 0.1000. The van der Waals surface area contributed by atoms with Gasteiger partial charge >= 0.3 is 6.03 Å². The van der Waals surface area contributed by atoms with E-state index in [9.17, 15) is 9.59 Å². The third kappa shape index (κ3) is 4.21. The van der Waals surface area contributed by atoms with Gasteiger partial charge in [-0.1, -0.05) is 22.5 Å². The molecular formula is C12H14BrN3O2. The van der Waals surface area contributed by atoms with Gasteiger partial charge in [-0.05, 0) is 30.7 Å². The largest absolute Gasteiger partial charge is 0.366 e. The topological polar surface area (TPSA) is 84.2 Å². The fourth-order valence-corrected chi connectivity index (χ4v) is 1.44. The van der Waals surface area contributed by atoms with Crippen molar-refractivity contribution in [2.24, 2.45) is 5.73 Å². The molecule has 1 rings (SSSR count). The molecule has 18 heavy (non-hydrogen) atoms. The summed E-state index contributed by atoms with van der Waals surface area (Å²) in [6.07, 6.45) is 0. The SMILES string of the molecule is C=C(Br)CNC(=O)Nc1ccc(C(N)=O)cc1C. The van der Waals surface area contributed by atoms with Crippen LogP contribution in [0, 0.1) is 6.92 Å². The van der Waals surface area contributed by atoms with Crippen molar-refractivity contribution in [3.8, 4) is 0 Å². The van der Waals surface area contributed by atoms with Crippen molar-refractivity contribution in [1.82, 2.24) is 5.32 Å². The van der Waals surface area contributed by atoms with Crippen molar-refractivity contribution in [1.29, 1.82) is 0 Å². The number of hydrogen-bond donors (Lipinski definition) is 3. The number of anilines is 1. The minimum absolute atomic E-state index is 0.338. The number of rotatable bonds is 4. The van der Waals surface area contributed by atoms with E-state index in [1.165, 1.54) is 0 Å². The number of halogens is 1. The number of nitrogens with one attached hydrogen (secondary N) is 2. The highest BCUT2D eigenvalue weighted by atomic mass is 79.9. The Hall–Kier alpha value is -1.82. The van der Waals surface area contributed by atoms with Gasteiger partial charge in [0.15, 0.2) is 0 Å². The number of benzene rings is 1. The van der Waals surface area contributed by atoms with E-state index in [4.69, 9.17) is 5.73 Å². The molecule has 0 heterocycles. The zero-order chi connectivity index (χ0) is 13.7. The van der Waals surface area contributed by atoms with E-state index >= 15 is 0 Å². The Labute approximate surface area is 114 Å². The molecule has 0 atom stereocenters. The van der Waals surface area contributed by atoms with Crippen LogP contribution in [0.4, 0.5) is 10.5 Å². The number of carbonyl (C=O) groups is 2. The first kappa shape index (κ1) is 14.2. The quantitative estimate of drug-likeness (QED) is 0.795. The molecule has 0 aliphatic carbocycles. The average Bonchev–Trinajstić information content (AvgIpc) is 2.29. The summed E-state index contributed by atoms with van der Waals surface area (Å²) < 4.78 is 0.679. The van der Waals surface area contributed by atoms with Gasteiger partial charge in [0.2, 0.25) is 5.91 Å². The molecule has 0 radical (unpaired) electrons. The van der Waals surface area contributed by atoms with Crippen LogP contribution in [0.1, 0.15) is 15.9 Å². The van der Waals surface area contributed by atoms with Crippen LogP contribution in [0.25, 0.3) is 0 Å². The highest BCUT2D eigenvalue weighted by Crippen LogP contribution is 2.16. The lowest BCUT2D eigenvalue weighted by Crippen LogP contribution is -2.29. The summed E-state index contributed by atoms with van der Waals surface area (Å²) in [5.74, 6) is -0.496. The maximum Gasteiger partial charge on any atom is 0.319 e. The van der Waals surface area contributed by atoms with E-state index in [1.54, 1.807) is 25.1 Å². The Balaban J connectivity index is 2.70. The van der Waals surface area contributed by atoms with Gasteiger partial charge in [-0.15, -0.1) is 0 Å². The summed E-state index contributed by atoms with van der Waals surface area (Å²) in [6.45, 7) is 5.73. The molecule has 4 N–H and O–H groups in total. The Morgan fingerprint density at radius 3 is 2.61 bits per heavy atom. The molecule has 0 unspecified atom stereocenters. The summed E-state index contributed by atoms with van der Waals surface area (Å²) in [6, 6.07) is 4.48. The minimum Gasteiger partial charge on any atom is -0.366 e. The van der Waals surface area contributed by atoms with Crippen molar-refractivity contribution in [3.05, 3.63) is 40.4 Å². The summed E-state index contributed by atoms with van der Waals surface area (Å²) in [7, 11) is 0. The Morgan fingerprint density at radius 1 is 1.44 bits per heavy atom. The van der Waals surface area contributed by atoms with Crippen LogP contribution in [0.2, 0.25) is 0 Å². The Morgan fingerprint density at radius 2 is 2.11 bits per heavy atom. The molecule has 0 saturated heterocycles. The van der Waals surface area contributed by atoms with E-state index in [-0.39, 0.29) is 6.03 Å². The van der Waals surface area contributed by atoms with Crippen molar-refractivity contribution in [2.75, 3.05) is 11.9 Å². The number of primary amides is 1. The first-order valence-corrected chi connectivity index (χ1v) is 5.98. The minimum atomic E-state index is -0.496. The van der Waals surface area contributed by atoms with Crippen LogP contribution >= 0.6 is 15.9 Å². The number of nitrogens with two attached hydrogens (primary N) is 1. The summed E-state index contributed by atoms with van der Waals surface area (Å²) >= 11 is 3.14. The second-order valence-corrected chi connectivity index (χ2v) is 4.84. The number of amides is 3. The molecule has 0 fully saturated rings. The van der Waals surface area contributed by atoms with Crippen LogP contribution in [-0.4, -0.2) is 18.5 Å². The van der Waals surface area contributed by atoms with Crippen molar-refractivity contribution >= 4 is 33.6 Å². The molecule has 0 aliphatic rings. The molecule has 1 aromatic rings. The fourth-order valence-electron chi connectivity index (χ4n) is 1.30. The Kier molecular flexibility index (Phi) is 4.91. The highest BCUT2D eigenvalue weighted by Gasteiger charge is 2.07. The maximum atomic E-state index is 11.5. The first-order valence-electron chi connectivity index (χ1n) is 5.18. The third-order valence-corrected chi connectivity index (χ3v) is 2.48. The van der Waals surface area contributed by atoms with E-state index < -0.39 is 5.91 Å². The van der Waals surface area contributed by atoms with E-state index in [0.29, 0.717) is 22.3 Å². The number of hydrogen-bond acceptors (Lipinski definition) is 2. The first-order chi connectivity index (χ1) is 8.40. The van der Waals surface area contributed by atoms with Crippen LogP contribution < -0.4 is 16.4 Å². The van der Waals surface area contributed by atoms with E-state index in [1.807, 2.05) is 0 Å². The predicted octanol–water partition coefficient (Wildman–Crippen LogP) is 2.12. The smallest absolute Gasteiger partial charge is 0.319 e. The molecule has 3 amide bonds. The summed E-state index contributed by atoms with van der Waals surface area (Å²) in [4.78, 5) is 22.5. The van der Waals surface area contributed by atoms with Crippen molar-refractivity contribution < 1.29 is 9.59 Å². The van der Waals surface area contributed by atoms with Gasteiger partial charge in [-0.25, -0.2) is 4.79 Å². The molecule has 0 saturated carbocycles. The molecule has 0 aliphatic heterocycles. The molecule has 96 valence electrons. The fraction of sp³-hybridized carbons (Fsp3) is 0.167. The van der Waals surface area contributed by atoms with Gasteiger partial charge in [0.25, 0.3) is 0 Å². The lowest BCUT2D eigenvalue weighted by atomic mass is 10.1. The zero-order valence-corrected chi connectivity index (χ0v) is 11.5. The normalized spacial score (nSPS) is 9.67.